The van der Waals surface area contributed by atoms with Gasteiger partial charge in [-0.25, -0.2) is 4.85 Å². The van der Waals surface area contributed by atoms with Gasteiger partial charge in [0.05, 0.1) is 6.57 Å². The van der Waals surface area contributed by atoms with Crippen molar-refractivity contribution in [2.45, 2.75) is 19.8 Å². The van der Waals surface area contributed by atoms with Gasteiger partial charge in [-0.15, -0.1) is 0 Å². The Hall–Kier alpha value is -0.710. The Morgan fingerprint density at radius 3 is 2.00 bits per heavy atom. The van der Waals surface area contributed by atoms with E-state index in [0.29, 0.717) is 15.7 Å². The minimum Gasteiger partial charge on any atom is -0.238 e. The zero-order valence-corrected chi connectivity index (χ0v) is 8.95. The lowest BCUT2D eigenvalue weighted by Gasteiger charge is -2.10. The average Bonchev–Trinajstić information content (AvgIpc) is 2.02. The molecule has 0 aliphatic rings. The zero-order chi connectivity index (χ0) is 10.0. The first-order chi connectivity index (χ1) is 6.06. The smallest absolute Gasteiger partial charge is 0.190 e. The predicted octanol–water partition coefficient (Wildman–Crippen LogP) is 4.67. The van der Waals surface area contributed by atoms with E-state index in [9.17, 15) is 0 Å². The fourth-order valence-corrected chi connectivity index (χ4v) is 2.10. The summed E-state index contributed by atoms with van der Waals surface area (Å²) < 4.78 is 0. The maximum absolute atomic E-state index is 6.82. The Morgan fingerprint density at radius 1 is 1.23 bits per heavy atom. The normalized spacial score (nSPS) is 10.2. The first-order valence-electron chi connectivity index (χ1n) is 3.92. The van der Waals surface area contributed by atoms with Crippen LogP contribution in [0.5, 0.6) is 0 Å². The molecule has 13 heavy (non-hydrogen) atoms. The molecule has 0 atom stereocenters. The molecule has 0 bridgehead atoms. The van der Waals surface area contributed by atoms with Crippen LogP contribution < -0.4 is 0 Å². The Kier molecular flexibility index (Phi) is 3.19. The van der Waals surface area contributed by atoms with E-state index in [1.165, 1.54) is 0 Å². The molecule has 0 aromatic heterocycles. The molecule has 0 fully saturated rings. The van der Waals surface area contributed by atoms with Crippen LogP contribution >= 0.6 is 23.2 Å². The fraction of sp³-hybridized carbons (Fsp3) is 0.300. The first-order valence-corrected chi connectivity index (χ1v) is 4.68. The molecule has 0 radical (unpaired) electrons. The minimum atomic E-state index is 0.278. The van der Waals surface area contributed by atoms with E-state index >= 15 is 0 Å². The quantitative estimate of drug-likeness (QED) is 0.598. The molecule has 0 N–H and O–H groups in total. The van der Waals surface area contributed by atoms with E-state index in [4.69, 9.17) is 29.8 Å². The van der Waals surface area contributed by atoms with Gasteiger partial charge in [-0.1, -0.05) is 37.0 Å². The van der Waals surface area contributed by atoms with Crippen LogP contribution in [0.25, 0.3) is 4.85 Å². The van der Waals surface area contributed by atoms with Gasteiger partial charge in [-0.2, -0.15) is 0 Å². The van der Waals surface area contributed by atoms with Crippen molar-refractivity contribution in [2.75, 3.05) is 0 Å². The molecule has 68 valence electrons. The van der Waals surface area contributed by atoms with Crippen molar-refractivity contribution in [1.29, 1.82) is 0 Å². The molecule has 1 rings (SSSR count). The van der Waals surface area contributed by atoms with Crippen molar-refractivity contribution in [3.05, 3.63) is 39.2 Å². The van der Waals surface area contributed by atoms with Crippen molar-refractivity contribution >= 4 is 28.9 Å². The fourth-order valence-electron chi connectivity index (χ4n) is 1.19. The van der Waals surface area contributed by atoms with Crippen molar-refractivity contribution in [3.8, 4) is 0 Å². The summed E-state index contributed by atoms with van der Waals surface area (Å²) >= 11 is 12.0. The third kappa shape index (κ3) is 2.15. The van der Waals surface area contributed by atoms with Crippen LogP contribution in [-0.4, -0.2) is 0 Å². The van der Waals surface area contributed by atoms with E-state index in [-0.39, 0.29) is 5.92 Å². The van der Waals surface area contributed by atoms with Crippen molar-refractivity contribution in [1.82, 2.24) is 0 Å². The molecule has 0 amide bonds. The van der Waals surface area contributed by atoms with Gasteiger partial charge in [0.1, 0.15) is 0 Å². The van der Waals surface area contributed by atoms with Gasteiger partial charge in [0.25, 0.3) is 0 Å². The molecule has 0 spiro atoms. The summed E-state index contributed by atoms with van der Waals surface area (Å²) in [5.41, 5.74) is 1.40. The molecule has 0 saturated heterocycles. The van der Waals surface area contributed by atoms with Crippen molar-refractivity contribution < 1.29 is 0 Å². The van der Waals surface area contributed by atoms with Crippen LogP contribution in [-0.2, 0) is 0 Å². The highest BCUT2D eigenvalue weighted by molar-refractivity contribution is 6.36. The molecule has 3 heteroatoms. The summed E-state index contributed by atoms with van der Waals surface area (Å²) in [6.45, 7) is 10.9. The highest BCUT2D eigenvalue weighted by Crippen LogP contribution is 2.35. The second-order valence-corrected chi connectivity index (χ2v) is 3.90. The predicted molar refractivity (Wildman–Crippen MR) is 56.8 cm³/mol. The maximum atomic E-state index is 6.82. The van der Waals surface area contributed by atoms with Crippen LogP contribution in [0.2, 0.25) is 10.0 Å². The van der Waals surface area contributed by atoms with Gasteiger partial charge in [0.15, 0.2) is 5.69 Å². The summed E-state index contributed by atoms with van der Waals surface area (Å²) in [7, 11) is 0. The number of nitrogens with zero attached hydrogens (tertiary/aromatic N) is 1. The van der Waals surface area contributed by atoms with Crippen LogP contribution in [0, 0.1) is 6.57 Å². The van der Waals surface area contributed by atoms with Crippen LogP contribution in [0.3, 0.4) is 0 Å². The summed E-state index contributed by atoms with van der Waals surface area (Å²) in [6, 6.07) is 3.30. The van der Waals surface area contributed by atoms with Gasteiger partial charge >= 0.3 is 0 Å². The molecule has 0 unspecified atom stereocenters. The molecular formula is C10H9Cl2N. The summed E-state index contributed by atoms with van der Waals surface area (Å²) in [6.07, 6.45) is 0. The molecule has 1 nitrogen and oxygen atoms in total. The van der Waals surface area contributed by atoms with Crippen LogP contribution in [0.15, 0.2) is 12.1 Å². The van der Waals surface area contributed by atoms with Gasteiger partial charge in [-0.3, -0.25) is 0 Å². The molecule has 0 aliphatic heterocycles. The number of halogens is 2. The van der Waals surface area contributed by atoms with Crippen LogP contribution in [0.1, 0.15) is 25.3 Å². The lowest BCUT2D eigenvalue weighted by molar-refractivity contribution is 0.867. The molecule has 1 aromatic rings. The largest absolute Gasteiger partial charge is 0.238 e. The molecular weight excluding hydrogens is 205 g/mol. The number of benzene rings is 1. The summed E-state index contributed by atoms with van der Waals surface area (Å²) in [4.78, 5) is 3.27. The lowest BCUT2D eigenvalue weighted by atomic mass is 10.0. The van der Waals surface area contributed by atoms with Crippen molar-refractivity contribution in [2.24, 2.45) is 0 Å². The second-order valence-electron chi connectivity index (χ2n) is 3.09. The number of rotatable bonds is 1. The Labute approximate surface area is 88.1 Å². The monoisotopic (exact) mass is 213 g/mol. The SMILES string of the molecule is [C-]#[N+]c1cc(Cl)c(C(C)C)c(Cl)c1. The highest BCUT2D eigenvalue weighted by Gasteiger charge is 2.10. The second kappa shape index (κ2) is 4.00. The van der Waals surface area contributed by atoms with Crippen LogP contribution in [0.4, 0.5) is 5.69 Å². The third-order valence-corrected chi connectivity index (χ3v) is 2.40. The van der Waals surface area contributed by atoms with E-state index in [0.717, 1.165) is 5.56 Å². The van der Waals surface area contributed by atoms with E-state index in [1.54, 1.807) is 12.1 Å². The summed E-state index contributed by atoms with van der Waals surface area (Å²) in [5, 5.41) is 1.15. The lowest BCUT2D eigenvalue weighted by Crippen LogP contribution is -1.89. The molecule has 0 heterocycles. The third-order valence-electron chi connectivity index (χ3n) is 1.77. The van der Waals surface area contributed by atoms with E-state index in [2.05, 4.69) is 4.85 Å². The number of hydrogen-bond acceptors (Lipinski definition) is 0. The molecule has 0 aliphatic carbocycles. The standard InChI is InChI=1S/C10H9Cl2N/c1-6(2)10-8(11)4-7(13-3)5-9(10)12/h4-6H,1-2H3. The highest BCUT2D eigenvalue weighted by atomic mass is 35.5. The van der Waals surface area contributed by atoms with Gasteiger partial charge in [0.2, 0.25) is 0 Å². The Bertz CT molecular complexity index is 341. The minimum absolute atomic E-state index is 0.278. The zero-order valence-electron chi connectivity index (χ0n) is 7.44. The van der Waals surface area contributed by atoms with Gasteiger partial charge in [-0.05, 0) is 23.6 Å². The van der Waals surface area contributed by atoms with E-state index in [1.807, 2.05) is 13.8 Å². The average molecular weight is 214 g/mol. The summed E-state index contributed by atoms with van der Waals surface area (Å²) in [5.74, 6) is 0.278. The maximum Gasteiger partial charge on any atom is 0.190 e. The molecule has 1 aromatic carbocycles. The van der Waals surface area contributed by atoms with Gasteiger partial charge < -0.3 is 0 Å². The van der Waals surface area contributed by atoms with Gasteiger partial charge in [0, 0.05) is 10.0 Å². The first kappa shape index (κ1) is 10.4. The van der Waals surface area contributed by atoms with Crippen molar-refractivity contribution in [3.63, 3.8) is 0 Å². The number of hydrogen-bond donors (Lipinski definition) is 0. The Balaban J connectivity index is 3.33. The molecule has 0 saturated carbocycles. The van der Waals surface area contributed by atoms with E-state index < -0.39 is 0 Å². The topological polar surface area (TPSA) is 4.36 Å². The Morgan fingerprint density at radius 2 is 1.69 bits per heavy atom.